The number of sulfonamides is 1. The predicted molar refractivity (Wildman–Crippen MR) is 124 cm³/mol. The molecular formula is C25H26N2O5S. The zero-order valence-corrected chi connectivity index (χ0v) is 19.4. The molecule has 2 aromatic carbocycles. The maximum atomic E-state index is 13.4. The second-order valence-electron chi connectivity index (χ2n) is 8.97. The Hall–Kier alpha value is -2.97. The van der Waals surface area contributed by atoms with Crippen molar-refractivity contribution in [3.05, 3.63) is 65.9 Å². The highest BCUT2D eigenvalue weighted by Crippen LogP contribution is 2.55. The van der Waals surface area contributed by atoms with Crippen LogP contribution in [0.4, 0.5) is 0 Å². The van der Waals surface area contributed by atoms with E-state index in [9.17, 15) is 13.2 Å². The van der Waals surface area contributed by atoms with Crippen LogP contribution in [0.5, 0.6) is 5.75 Å². The number of aromatic nitrogens is 1. The van der Waals surface area contributed by atoms with Crippen molar-refractivity contribution >= 4 is 26.8 Å². The molecule has 3 aromatic rings. The molecule has 0 bridgehead atoms. The molecule has 0 aliphatic heterocycles. The quantitative estimate of drug-likeness (QED) is 0.546. The van der Waals surface area contributed by atoms with Crippen LogP contribution < -0.4 is 9.46 Å². The van der Waals surface area contributed by atoms with E-state index in [1.165, 1.54) is 6.07 Å². The molecular weight excluding hydrogens is 440 g/mol. The molecule has 33 heavy (non-hydrogen) atoms. The number of nitrogens with zero attached hydrogens (tertiary/aromatic N) is 1. The first-order chi connectivity index (χ1) is 15.9. The van der Waals surface area contributed by atoms with E-state index < -0.39 is 21.3 Å². The smallest absolute Gasteiger partial charge is 0.264 e. The van der Waals surface area contributed by atoms with Gasteiger partial charge in [-0.3, -0.25) is 9.78 Å². The number of hydrogen-bond donors (Lipinski definition) is 1. The second-order valence-corrected chi connectivity index (χ2v) is 10.6. The number of fused-ring (bicyclic) bond motifs is 1. The van der Waals surface area contributed by atoms with Gasteiger partial charge in [-0.15, -0.1) is 0 Å². The molecule has 2 fully saturated rings. The van der Waals surface area contributed by atoms with Crippen LogP contribution in [0.1, 0.15) is 36.8 Å². The Kier molecular flexibility index (Phi) is 5.17. The van der Waals surface area contributed by atoms with E-state index in [0.717, 1.165) is 24.0 Å². The number of benzene rings is 2. The molecule has 172 valence electrons. The zero-order valence-electron chi connectivity index (χ0n) is 18.6. The van der Waals surface area contributed by atoms with Crippen molar-refractivity contribution in [1.82, 2.24) is 9.71 Å². The van der Waals surface area contributed by atoms with Crippen LogP contribution in [0.25, 0.3) is 10.9 Å². The molecule has 0 saturated heterocycles. The van der Waals surface area contributed by atoms with E-state index in [-0.39, 0.29) is 10.3 Å². The third kappa shape index (κ3) is 3.67. The van der Waals surface area contributed by atoms with Gasteiger partial charge >= 0.3 is 0 Å². The Bertz CT molecular complexity index is 1340. The molecule has 1 amide bonds. The molecule has 2 saturated carbocycles. The standard InChI is InChI=1S/C25H26N2O5S/c1-31-16-24(10-11-24)17-8-9-21(32-2)19(15-17)25(12-13-25)23(28)27-33(29,30)22-7-3-6-20-18(22)5-4-14-26-20/h3-9,14-15H,10-13,16H2,1-2H3,(H,27,28). The first-order valence-corrected chi connectivity index (χ1v) is 12.4. The van der Waals surface area contributed by atoms with Gasteiger partial charge < -0.3 is 9.47 Å². The minimum atomic E-state index is -4.09. The van der Waals surface area contributed by atoms with Gasteiger partial charge in [0.05, 0.1) is 29.5 Å². The highest BCUT2D eigenvalue weighted by molar-refractivity contribution is 7.90. The molecule has 1 aromatic heterocycles. The molecule has 8 heteroatoms. The largest absolute Gasteiger partial charge is 0.496 e. The molecule has 1 heterocycles. The van der Waals surface area contributed by atoms with Gasteiger partial charge in [0.25, 0.3) is 10.0 Å². The van der Waals surface area contributed by atoms with Crippen LogP contribution in [0.2, 0.25) is 0 Å². The highest BCUT2D eigenvalue weighted by Gasteiger charge is 2.55. The fraction of sp³-hybridized carbons (Fsp3) is 0.360. The third-order valence-corrected chi connectivity index (χ3v) is 8.30. The monoisotopic (exact) mass is 466 g/mol. The summed E-state index contributed by atoms with van der Waals surface area (Å²) < 4.78 is 39.8. The van der Waals surface area contributed by atoms with Crippen LogP contribution in [0.3, 0.4) is 0 Å². The van der Waals surface area contributed by atoms with Gasteiger partial charge in [0, 0.05) is 29.7 Å². The molecule has 2 aliphatic carbocycles. The van der Waals surface area contributed by atoms with Gasteiger partial charge in [0.1, 0.15) is 5.75 Å². The average Bonchev–Trinajstić information content (AvgIpc) is 3.74. The number of carbonyl (C=O) groups excluding carboxylic acids is 1. The molecule has 0 radical (unpaired) electrons. The lowest BCUT2D eigenvalue weighted by Crippen LogP contribution is -2.39. The molecule has 0 spiro atoms. The molecule has 0 atom stereocenters. The van der Waals surface area contributed by atoms with Crippen molar-refractivity contribution in [2.24, 2.45) is 0 Å². The van der Waals surface area contributed by atoms with Crippen molar-refractivity contribution in [3.8, 4) is 5.75 Å². The van der Waals surface area contributed by atoms with Crippen molar-refractivity contribution in [2.45, 2.75) is 41.4 Å². The number of hydrogen-bond acceptors (Lipinski definition) is 6. The second kappa shape index (κ2) is 7.81. The minimum Gasteiger partial charge on any atom is -0.496 e. The van der Waals surface area contributed by atoms with E-state index in [1.807, 2.05) is 18.2 Å². The topological polar surface area (TPSA) is 94.6 Å². The Morgan fingerprint density at radius 3 is 2.52 bits per heavy atom. The van der Waals surface area contributed by atoms with Crippen molar-refractivity contribution in [3.63, 3.8) is 0 Å². The first kappa shape index (κ1) is 21.9. The van der Waals surface area contributed by atoms with Crippen LogP contribution >= 0.6 is 0 Å². The number of nitrogens with one attached hydrogen (secondary N) is 1. The fourth-order valence-corrected chi connectivity index (χ4v) is 5.95. The van der Waals surface area contributed by atoms with Crippen molar-refractivity contribution in [1.29, 1.82) is 0 Å². The van der Waals surface area contributed by atoms with Crippen molar-refractivity contribution < 1.29 is 22.7 Å². The van der Waals surface area contributed by atoms with Crippen LogP contribution in [-0.2, 0) is 30.4 Å². The number of rotatable bonds is 8. The number of amides is 1. The Morgan fingerprint density at radius 2 is 1.85 bits per heavy atom. The average molecular weight is 467 g/mol. The van der Waals surface area contributed by atoms with Crippen molar-refractivity contribution in [2.75, 3.05) is 20.8 Å². The van der Waals surface area contributed by atoms with E-state index in [4.69, 9.17) is 9.47 Å². The number of pyridine rings is 1. The van der Waals surface area contributed by atoms with Gasteiger partial charge in [0.2, 0.25) is 5.91 Å². The van der Waals surface area contributed by atoms with E-state index >= 15 is 0 Å². The number of methoxy groups -OCH3 is 2. The third-order valence-electron chi connectivity index (χ3n) is 6.91. The molecule has 1 N–H and O–H groups in total. The summed E-state index contributed by atoms with van der Waals surface area (Å²) in [5.41, 5.74) is 1.42. The molecule has 2 aliphatic rings. The number of ether oxygens (including phenoxy) is 2. The van der Waals surface area contributed by atoms with Gasteiger partial charge in [-0.2, -0.15) is 0 Å². The zero-order chi connectivity index (χ0) is 23.3. The Labute approximate surface area is 193 Å². The summed E-state index contributed by atoms with van der Waals surface area (Å²) in [5.74, 6) is 0.0572. The summed E-state index contributed by atoms with van der Waals surface area (Å²) in [6, 6.07) is 14.1. The Balaban J connectivity index is 1.49. The van der Waals surface area contributed by atoms with Gasteiger partial charge in [-0.25, -0.2) is 13.1 Å². The summed E-state index contributed by atoms with van der Waals surface area (Å²) in [6.07, 6.45) is 4.77. The van der Waals surface area contributed by atoms with Gasteiger partial charge in [0.15, 0.2) is 0 Å². The number of carbonyl (C=O) groups is 1. The maximum Gasteiger partial charge on any atom is 0.264 e. The summed E-state index contributed by atoms with van der Waals surface area (Å²) in [7, 11) is -0.840. The summed E-state index contributed by atoms with van der Waals surface area (Å²) in [6.45, 7) is 0.613. The first-order valence-electron chi connectivity index (χ1n) is 10.9. The summed E-state index contributed by atoms with van der Waals surface area (Å²) in [4.78, 5) is 17.7. The Morgan fingerprint density at radius 1 is 1.06 bits per heavy atom. The molecule has 7 nitrogen and oxygen atoms in total. The predicted octanol–water partition coefficient (Wildman–Crippen LogP) is 3.46. The molecule has 5 rings (SSSR count). The van der Waals surface area contributed by atoms with Crippen LogP contribution in [0, 0.1) is 0 Å². The van der Waals surface area contributed by atoms with Gasteiger partial charge in [-0.1, -0.05) is 18.2 Å². The summed E-state index contributed by atoms with van der Waals surface area (Å²) in [5, 5.41) is 0.472. The summed E-state index contributed by atoms with van der Waals surface area (Å²) >= 11 is 0. The van der Waals surface area contributed by atoms with E-state index in [2.05, 4.69) is 9.71 Å². The SMILES string of the molecule is COCC1(c2ccc(OC)c(C3(C(=O)NS(=O)(=O)c4cccc5ncccc45)CC3)c2)CC1. The lowest BCUT2D eigenvalue weighted by molar-refractivity contribution is -0.121. The van der Waals surface area contributed by atoms with E-state index in [0.29, 0.717) is 36.1 Å². The highest BCUT2D eigenvalue weighted by atomic mass is 32.2. The normalized spacial score (nSPS) is 18.0. The molecule has 0 unspecified atom stereocenters. The lowest BCUT2D eigenvalue weighted by atomic mass is 9.88. The maximum absolute atomic E-state index is 13.4. The van der Waals surface area contributed by atoms with Crippen LogP contribution in [-0.4, -0.2) is 40.1 Å². The minimum absolute atomic E-state index is 0.0370. The van der Waals surface area contributed by atoms with Gasteiger partial charge in [-0.05, 0) is 61.6 Å². The van der Waals surface area contributed by atoms with Crippen LogP contribution in [0.15, 0.2) is 59.6 Å². The lowest BCUT2D eigenvalue weighted by Gasteiger charge is -2.22. The fourth-order valence-electron chi connectivity index (χ4n) is 4.68. The van der Waals surface area contributed by atoms with E-state index in [1.54, 1.807) is 44.7 Å².